The lowest BCUT2D eigenvalue weighted by Gasteiger charge is -2.33. The molecule has 0 radical (unpaired) electrons. The van der Waals surface area contributed by atoms with E-state index in [1.165, 1.54) is 0 Å². The average molecular weight is 288 g/mol. The Hall–Kier alpha value is -0.680. The number of methoxy groups -OCH3 is 1. The van der Waals surface area contributed by atoms with Crippen LogP contribution >= 0.6 is 12.2 Å². The first-order chi connectivity index (χ1) is 8.75. The van der Waals surface area contributed by atoms with E-state index < -0.39 is 11.0 Å². The van der Waals surface area contributed by atoms with Gasteiger partial charge in [0, 0.05) is 13.7 Å². The predicted octanol–water partition coefficient (Wildman–Crippen LogP) is 2.40. The van der Waals surface area contributed by atoms with Crippen LogP contribution < -0.4 is 11.1 Å². The summed E-state index contributed by atoms with van der Waals surface area (Å²) >= 11 is 5.16. The quantitative estimate of drug-likeness (QED) is 0.639. The molecule has 0 fully saturated rings. The van der Waals surface area contributed by atoms with Crippen LogP contribution in [0.2, 0.25) is 0 Å². The highest BCUT2D eigenvalue weighted by molar-refractivity contribution is 7.80. The van der Waals surface area contributed by atoms with Gasteiger partial charge in [-0.3, -0.25) is 4.79 Å². The van der Waals surface area contributed by atoms with Crippen molar-refractivity contribution in [3.05, 3.63) is 0 Å². The van der Waals surface area contributed by atoms with Gasteiger partial charge in [0.25, 0.3) is 0 Å². The standard InChI is InChI=1S/C14H28N2O2S/c1-6-8-14(9-7-2,11(15)19)12(17)16-10-13(3,4)18-5/h6-10H2,1-5H3,(H2,15,19)(H,16,17). The van der Waals surface area contributed by atoms with Gasteiger partial charge in [-0.1, -0.05) is 38.9 Å². The summed E-state index contributed by atoms with van der Waals surface area (Å²) in [6.07, 6.45) is 3.13. The number of nitrogens with one attached hydrogen (secondary N) is 1. The van der Waals surface area contributed by atoms with E-state index >= 15 is 0 Å². The zero-order valence-electron chi connectivity index (χ0n) is 12.8. The van der Waals surface area contributed by atoms with E-state index in [-0.39, 0.29) is 5.91 Å². The van der Waals surface area contributed by atoms with Gasteiger partial charge in [-0.2, -0.15) is 0 Å². The molecule has 1 amide bonds. The summed E-state index contributed by atoms with van der Waals surface area (Å²) in [6, 6.07) is 0. The van der Waals surface area contributed by atoms with Crippen molar-refractivity contribution in [2.45, 2.75) is 59.0 Å². The summed E-state index contributed by atoms with van der Waals surface area (Å²) < 4.78 is 5.30. The number of carbonyl (C=O) groups excluding carboxylic acids is 1. The minimum atomic E-state index is -0.720. The van der Waals surface area contributed by atoms with Gasteiger partial charge in [0.1, 0.15) is 0 Å². The molecule has 0 aromatic heterocycles. The first kappa shape index (κ1) is 18.3. The second-order valence-corrected chi connectivity index (χ2v) is 6.03. The Balaban J connectivity index is 4.95. The molecular weight excluding hydrogens is 260 g/mol. The Morgan fingerprint density at radius 3 is 2.05 bits per heavy atom. The summed E-state index contributed by atoms with van der Waals surface area (Å²) in [7, 11) is 1.63. The highest BCUT2D eigenvalue weighted by atomic mass is 32.1. The molecule has 0 spiro atoms. The van der Waals surface area contributed by atoms with Crippen molar-refractivity contribution in [1.29, 1.82) is 0 Å². The van der Waals surface area contributed by atoms with E-state index in [1.54, 1.807) is 7.11 Å². The van der Waals surface area contributed by atoms with Gasteiger partial charge in [0.05, 0.1) is 16.0 Å². The smallest absolute Gasteiger partial charge is 0.233 e. The fourth-order valence-electron chi connectivity index (χ4n) is 2.10. The molecule has 0 saturated heterocycles. The van der Waals surface area contributed by atoms with Crippen LogP contribution in [0.4, 0.5) is 0 Å². The SMILES string of the molecule is CCCC(CCC)(C(=O)NCC(C)(C)OC)C(N)=S. The Morgan fingerprint density at radius 1 is 1.26 bits per heavy atom. The minimum absolute atomic E-state index is 0.0752. The number of thiocarbonyl (C=S) groups is 1. The monoisotopic (exact) mass is 288 g/mol. The first-order valence-electron chi connectivity index (χ1n) is 6.89. The van der Waals surface area contributed by atoms with Gasteiger partial charge < -0.3 is 15.8 Å². The lowest BCUT2D eigenvalue weighted by Crippen LogP contribution is -2.52. The van der Waals surface area contributed by atoms with E-state index in [9.17, 15) is 4.79 Å². The number of hydrogen-bond donors (Lipinski definition) is 2. The van der Waals surface area contributed by atoms with Crippen LogP contribution in [-0.4, -0.2) is 30.2 Å². The van der Waals surface area contributed by atoms with Crippen LogP contribution in [-0.2, 0) is 9.53 Å². The highest BCUT2D eigenvalue weighted by Gasteiger charge is 2.40. The van der Waals surface area contributed by atoms with Gasteiger partial charge in [-0.15, -0.1) is 0 Å². The largest absolute Gasteiger partial charge is 0.392 e. The van der Waals surface area contributed by atoms with Gasteiger partial charge in [0.15, 0.2) is 0 Å². The topological polar surface area (TPSA) is 64.3 Å². The van der Waals surface area contributed by atoms with E-state index in [1.807, 2.05) is 27.7 Å². The van der Waals surface area contributed by atoms with Crippen molar-refractivity contribution in [3.8, 4) is 0 Å². The number of nitrogens with two attached hydrogens (primary N) is 1. The lowest BCUT2D eigenvalue weighted by molar-refractivity contribution is -0.129. The summed E-state index contributed by atoms with van der Waals surface area (Å²) in [6.45, 7) is 8.37. The number of rotatable bonds is 9. The number of carbonyl (C=O) groups is 1. The van der Waals surface area contributed by atoms with E-state index in [0.717, 1.165) is 12.8 Å². The zero-order chi connectivity index (χ0) is 15.1. The molecule has 0 aliphatic carbocycles. The third-order valence-corrected chi connectivity index (χ3v) is 3.88. The van der Waals surface area contributed by atoms with E-state index in [4.69, 9.17) is 22.7 Å². The van der Waals surface area contributed by atoms with Crippen LogP contribution in [0.15, 0.2) is 0 Å². The minimum Gasteiger partial charge on any atom is -0.392 e. The van der Waals surface area contributed by atoms with Crippen molar-refractivity contribution >= 4 is 23.1 Å². The summed E-state index contributed by atoms with van der Waals surface area (Å²) in [5, 5.41) is 2.93. The van der Waals surface area contributed by atoms with Gasteiger partial charge in [-0.25, -0.2) is 0 Å². The van der Waals surface area contributed by atoms with Crippen LogP contribution in [0.5, 0.6) is 0 Å². The van der Waals surface area contributed by atoms with E-state index in [0.29, 0.717) is 24.4 Å². The molecule has 112 valence electrons. The molecule has 4 nitrogen and oxygen atoms in total. The molecular formula is C14H28N2O2S. The first-order valence-corrected chi connectivity index (χ1v) is 7.30. The van der Waals surface area contributed by atoms with Crippen LogP contribution in [0, 0.1) is 5.41 Å². The van der Waals surface area contributed by atoms with Gasteiger partial charge in [0.2, 0.25) is 5.91 Å². The fraction of sp³-hybridized carbons (Fsp3) is 0.857. The maximum atomic E-state index is 12.5. The molecule has 0 rings (SSSR count). The molecule has 0 aliphatic heterocycles. The van der Waals surface area contributed by atoms with Gasteiger partial charge >= 0.3 is 0 Å². The molecule has 5 heteroatoms. The second kappa shape index (κ2) is 7.80. The second-order valence-electron chi connectivity index (χ2n) is 5.59. The summed E-state index contributed by atoms with van der Waals surface area (Å²) in [4.78, 5) is 12.8. The van der Waals surface area contributed by atoms with Crippen molar-refractivity contribution in [2.24, 2.45) is 11.1 Å². The highest BCUT2D eigenvalue weighted by Crippen LogP contribution is 2.31. The lowest BCUT2D eigenvalue weighted by atomic mass is 9.78. The van der Waals surface area contributed by atoms with Gasteiger partial charge in [-0.05, 0) is 26.7 Å². The van der Waals surface area contributed by atoms with Crippen molar-refractivity contribution < 1.29 is 9.53 Å². The maximum absolute atomic E-state index is 12.5. The van der Waals surface area contributed by atoms with E-state index in [2.05, 4.69) is 5.32 Å². The Labute approximate surface area is 122 Å². The zero-order valence-corrected chi connectivity index (χ0v) is 13.7. The maximum Gasteiger partial charge on any atom is 0.233 e. The third kappa shape index (κ3) is 5.07. The Kier molecular flexibility index (Phi) is 7.52. The molecule has 3 N–H and O–H groups in total. The van der Waals surface area contributed by atoms with Crippen LogP contribution in [0.25, 0.3) is 0 Å². The van der Waals surface area contributed by atoms with Crippen molar-refractivity contribution in [1.82, 2.24) is 5.32 Å². The molecule has 0 unspecified atom stereocenters. The molecule has 0 atom stereocenters. The molecule has 19 heavy (non-hydrogen) atoms. The van der Waals surface area contributed by atoms with Crippen molar-refractivity contribution in [2.75, 3.05) is 13.7 Å². The third-order valence-electron chi connectivity index (χ3n) is 3.49. The fourth-order valence-corrected chi connectivity index (χ4v) is 2.40. The molecule has 0 heterocycles. The normalized spacial score (nSPS) is 12.3. The summed E-state index contributed by atoms with van der Waals surface area (Å²) in [5.41, 5.74) is 4.74. The number of amides is 1. The van der Waals surface area contributed by atoms with Crippen LogP contribution in [0.1, 0.15) is 53.4 Å². The summed E-state index contributed by atoms with van der Waals surface area (Å²) in [5.74, 6) is -0.0752. The Morgan fingerprint density at radius 2 is 1.74 bits per heavy atom. The Bertz CT molecular complexity index is 311. The number of ether oxygens (including phenoxy) is 1. The molecule has 0 bridgehead atoms. The van der Waals surface area contributed by atoms with Crippen LogP contribution in [0.3, 0.4) is 0 Å². The predicted molar refractivity (Wildman–Crippen MR) is 83.1 cm³/mol. The van der Waals surface area contributed by atoms with Crippen molar-refractivity contribution in [3.63, 3.8) is 0 Å². The molecule has 0 aromatic rings. The molecule has 0 aliphatic rings. The average Bonchev–Trinajstić information content (AvgIpc) is 2.35. The molecule has 0 aromatic carbocycles. The molecule has 0 saturated carbocycles. The number of hydrogen-bond acceptors (Lipinski definition) is 3.